The van der Waals surface area contributed by atoms with Crippen molar-refractivity contribution in [2.24, 2.45) is 0 Å². The highest BCUT2D eigenvalue weighted by atomic mass is 16.3. The predicted molar refractivity (Wildman–Crippen MR) is 33.9 cm³/mol. The van der Waals surface area contributed by atoms with Crippen LogP contribution in [0.25, 0.3) is 5.57 Å². The van der Waals surface area contributed by atoms with Crippen LogP contribution in [0.2, 0.25) is 0 Å². The molecule has 0 aliphatic heterocycles. The van der Waals surface area contributed by atoms with E-state index in [0.29, 0.717) is 0 Å². The molecule has 0 fully saturated rings. The lowest BCUT2D eigenvalue weighted by Crippen LogP contribution is -1.75. The number of oxazole rings is 1. The molecule has 0 spiro atoms. The van der Waals surface area contributed by atoms with Gasteiger partial charge in [0.2, 0.25) is 0 Å². The van der Waals surface area contributed by atoms with E-state index in [2.05, 4.69) is 11.1 Å². The molecular weight excluding hydrogens is 114 g/mol. The number of allylic oxidation sites excluding steroid dienone is 2. The first-order valence-electron chi connectivity index (χ1n) is 2.97. The first kappa shape index (κ1) is 4.79. The molecule has 2 rings (SSSR count). The van der Waals surface area contributed by atoms with Crippen molar-refractivity contribution >= 4 is 5.57 Å². The van der Waals surface area contributed by atoms with E-state index in [4.69, 9.17) is 4.42 Å². The van der Waals surface area contributed by atoms with Crippen LogP contribution in [0.4, 0.5) is 0 Å². The van der Waals surface area contributed by atoms with Crippen LogP contribution in [0, 0.1) is 0 Å². The highest BCUT2D eigenvalue weighted by Crippen LogP contribution is 2.24. The smallest absolute Gasteiger partial charge is 0.181 e. The molecule has 0 bridgehead atoms. The molecule has 0 saturated heterocycles. The minimum absolute atomic E-state index is 0.942. The zero-order valence-corrected chi connectivity index (χ0v) is 5.22. The molecule has 1 aliphatic rings. The number of hydrogen-bond acceptors (Lipinski definition) is 2. The average molecular weight is 121 g/mol. The molecule has 0 unspecified atom stereocenters. The fourth-order valence-corrected chi connectivity index (χ4v) is 1.08. The highest BCUT2D eigenvalue weighted by molar-refractivity contribution is 5.65. The zero-order chi connectivity index (χ0) is 6.27. The molecule has 2 nitrogen and oxygen atoms in total. The van der Waals surface area contributed by atoms with E-state index in [1.165, 1.54) is 12.0 Å². The van der Waals surface area contributed by atoms with Gasteiger partial charge in [0.05, 0.1) is 5.69 Å². The first-order chi connectivity index (χ1) is 4.38. The van der Waals surface area contributed by atoms with Crippen molar-refractivity contribution in [2.45, 2.75) is 13.3 Å². The van der Waals surface area contributed by atoms with Gasteiger partial charge in [-0.15, -0.1) is 0 Å². The van der Waals surface area contributed by atoms with E-state index in [9.17, 15) is 0 Å². The summed E-state index contributed by atoms with van der Waals surface area (Å²) in [7, 11) is 0. The van der Waals surface area contributed by atoms with Crippen molar-refractivity contribution in [1.29, 1.82) is 0 Å². The number of rotatable bonds is 0. The van der Waals surface area contributed by atoms with Gasteiger partial charge in [-0.3, -0.25) is 0 Å². The molecule has 1 aromatic heterocycles. The molecule has 0 aromatic carbocycles. The van der Waals surface area contributed by atoms with Gasteiger partial charge in [0.1, 0.15) is 0 Å². The molecule has 0 saturated carbocycles. The van der Waals surface area contributed by atoms with Gasteiger partial charge in [-0.25, -0.2) is 4.98 Å². The van der Waals surface area contributed by atoms with Crippen LogP contribution >= 0.6 is 0 Å². The van der Waals surface area contributed by atoms with Crippen molar-refractivity contribution < 1.29 is 4.42 Å². The summed E-state index contributed by atoms with van der Waals surface area (Å²) < 4.78 is 5.11. The minimum atomic E-state index is 0.942. The summed E-state index contributed by atoms with van der Waals surface area (Å²) in [6, 6.07) is 0. The largest absolute Gasteiger partial charge is 0.444 e. The molecule has 0 amide bonds. The van der Waals surface area contributed by atoms with Crippen LogP contribution < -0.4 is 0 Å². The summed E-state index contributed by atoms with van der Waals surface area (Å²) in [5, 5.41) is 0. The van der Waals surface area contributed by atoms with Crippen LogP contribution in [-0.4, -0.2) is 4.98 Å². The Morgan fingerprint density at radius 3 is 3.33 bits per heavy atom. The highest BCUT2D eigenvalue weighted by Gasteiger charge is 2.13. The standard InChI is InChI=1S/C7H7NO/c1-5-2-3-6-7(5)9-4-8-6/h2,4H,3H2,1H3. The number of fused-ring (bicyclic) bond motifs is 1. The van der Waals surface area contributed by atoms with Crippen LogP contribution in [0.3, 0.4) is 0 Å². The first-order valence-corrected chi connectivity index (χ1v) is 2.97. The van der Waals surface area contributed by atoms with E-state index in [1.54, 1.807) is 0 Å². The summed E-state index contributed by atoms with van der Waals surface area (Å²) in [6.07, 6.45) is 4.57. The van der Waals surface area contributed by atoms with Gasteiger partial charge in [-0.1, -0.05) is 6.08 Å². The van der Waals surface area contributed by atoms with E-state index < -0.39 is 0 Å². The van der Waals surface area contributed by atoms with Crippen molar-refractivity contribution in [1.82, 2.24) is 4.98 Å². The fourth-order valence-electron chi connectivity index (χ4n) is 1.08. The molecular formula is C7H7NO. The zero-order valence-electron chi connectivity index (χ0n) is 5.22. The Bertz CT molecular complexity index is 260. The van der Waals surface area contributed by atoms with Crippen molar-refractivity contribution in [3.63, 3.8) is 0 Å². The van der Waals surface area contributed by atoms with Gasteiger partial charge in [0.25, 0.3) is 0 Å². The fraction of sp³-hybridized carbons (Fsp3) is 0.286. The summed E-state index contributed by atoms with van der Waals surface area (Å²) >= 11 is 0. The van der Waals surface area contributed by atoms with Crippen LogP contribution in [0.5, 0.6) is 0 Å². The SMILES string of the molecule is CC1=CCc2ncoc21. The number of hydrogen-bond donors (Lipinski definition) is 0. The van der Waals surface area contributed by atoms with Gasteiger partial charge in [-0.2, -0.15) is 0 Å². The number of nitrogens with zero attached hydrogens (tertiary/aromatic N) is 1. The van der Waals surface area contributed by atoms with E-state index >= 15 is 0 Å². The van der Waals surface area contributed by atoms with E-state index in [1.807, 2.05) is 6.92 Å². The Kier molecular flexibility index (Phi) is 0.781. The van der Waals surface area contributed by atoms with Crippen LogP contribution in [0.15, 0.2) is 16.9 Å². The van der Waals surface area contributed by atoms with Crippen molar-refractivity contribution in [2.75, 3.05) is 0 Å². The Morgan fingerprint density at radius 1 is 1.67 bits per heavy atom. The monoisotopic (exact) mass is 121 g/mol. The van der Waals surface area contributed by atoms with Crippen molar-refractivity contribution in [3.05, 3.63) is 23.9 Å². The van der Waals surface area contributed by atoms with Crippen molar-refractivity contribution in [3.8, 4) is 0 Å². The molecule has 0 atom stereocenters. The Balaban J connectivity index is 2.62. The molecule has 46 valence electrons. The summed E-state index contributed by atoms with van der Waals surface area (Å²) in [4.78, 5) is 4.03. The maximum atomic E-state index is 5.11. The molecule has 1 aromatic rings. The van der Waals surface area contributed by atoms with Gasteiger partial charge in [-0.05, 0) is 12.5 Å². The maximum Gasteiger partial charge on any atom is 0.181 e. The number of aromatic nitrogens is 1. The molecule has 0 N–H and O–H groups in total. The molecule has 1 heterocycles. The summed E-state index contributed by atoms with van der Waals surface area (Å²) in [5.74, 6) is 0.968. The topological polar surface area (TPSA) is 26.0 Å². The Hall–Kier alpha value is -1.05. The van der Waals surface area contributed by atoms with Gasteiger partial charge < -0.3 is 4.42 Å². The van der Waals surface area contributed by atoms with Crippen LogP contribution in [0.1, 0.15) is 18.4 Å². The average Bonchev–Trinajstić information content (AvgIpc) is 2.35. The second kappa shape index (κ2) is 1.47. The third-order valence-electron chi connectivity index (χ3n) is 1.60. The lowest BCUT2D eigenvalue weighted by atomic mass is 10.3. The lowest BCUT2D eigenvalue weighted by molar-refractivity contribution is 0.544. The molecule has 0 radical (unpaired) electrons. The third kappa shape index (κ3) is 0.529. The Labute approximate surface area is 53.2 Å². The van der Waals surface area contributed by atoms with Gasteiger partial charge >= 0.3 is 0 Å². The molecule has 2 heteroatoms. The van der Waals surface area contributed by atoms with Gasteiger partial charge in [0.15, 0.2) is 12.2 Å². The van der Waals surface area contributed by atoms with E-state index in [-0.39, 0.29) is 0 Å². The van der Waals surface area contributed by atoms with Gasteiger partial charge in [0, 0.05) is 6.42 Å². The van der Waals surface area contributed by atoms with E-state index in [0.717, 1.165) is 17.9 Å². The summed E-state index contributed by atoms with van der Waals surface area (Å²) in [6.45, 7) is 2.04. The quantitative estimate of drug-likeness (QED) is 0.521. The maximum absolute atomic E-state index is 5.11. The minimum Gasteiger partial charge on any atom is -0.444 e. The molecule has 1 aliphatic carbocycles. The summed E-state index contributed by atoms with van der Waals surface area (Å²) in [5.41, 5.74) is 2.29. The Morgan fingerprint density at radius 2 is 2.56 bits per heavy atom. The second-order valence-electron chi connectivity index (χ2n) is 2.22. The third-order valence-corrected chi connectivity index (χ3v) is 1.60. The molecule has 9 heavy (non-hydrogen) atoms. The predicted octanol–water partition coefficient (Wildman–Crippen LogP) is 1.63. The lowest BCUT2D eigenvalue weighted by Gasteiger charge is -1.84. The normalized spacial score (nSPS) is 15.4. The second-order valence-corrected chi connectivity index (χ2v) is 2.22. The van der Waals surface area contributed by atoms with Crippen LogP contribution in [-0.2, 0) is 6.42 Å².